The Labute approximate surface area is 119 Å². The first-order chi connectivity index (χ1) is 9.40. The average molecular weight is 300 g/mol. The van der Waals surface area contributed by atoms with Gasteiger partial charge in [0.1, 0.15) is 0 Å². The summed E-state index contributed by atoms with van der Waals surface area (Å²) >= 11 is 1.48. The summed E-state index contributed by atoms with van der Waals surface area (Å²) in [6.07, 6.45) is -2.74. The van der Waals surface area contributed by atoms with E-state index in [9.17, 15) is 13.2 Å². The van der Waals surface area contributed by atoms with Crippen LogP contribution >= 0.6 is 11.3 Å². The average Bonchev–Trinajstić information content (AvgIpc) is 2.86. The molecule has 0 aliphatic heterocycles. The molecule has 0 bridgehead atoms. The van der Waals surface area contributed by atoms with Crippen molar-refractivity contribution in [3.8, 4) is 11.3 Å². The number of thiazole rings is 1. The molecule has 0 amide bonds. The minimum atomic E-state index is -4.31. The normalized spacial score (nSPS) is 13.4. The van der Waals surface area contributed by atoms with Gasteiger partial charge in [-0.25, -0.2) is 4.98 Å². The van der Waals surface area contributed by atoms with E-state index in [2.05, 4.69) is 4.98 Å². The van der Waals surface area contributed by atoms with E-state index in [1.165, 1.54) is 23.5 Å². The highest BCUT2D eigenvalue weighted by Gasteiger charge is 2.30. The lowest BCUT2D eigenvalue weighted by Crippen LogP contribution is -2.21. The molecule has 1 unspecified atom stereocenters. The van der Waals surface area contributed by atoms with Gasteiger partial charge in [-0.15, -0.1) is 11.3 Å². The topological polar surface area (TPSA) is 38.9 Å². The Morgan fingerprint density at radius 3 is 2.45 bits per heavy atom. The van der Waals surface area contributed by atoms with Crippen molar-refractivity contribution in [2.45, 2.75) is 32.0 Å². The molecule has 2 nitrogen and oxygen atoms in total. The molecule has 20 heavy (non-hydrogen) atoms. The van der Waals surface area contributed by atoms with E-state index in [4.69, 9.17) is 5.73 Å². The Morgan fingerprint density at radius 1 is 1.25 bits per heavy atom. The van der Waals surface area contributed by atoms with Crippen LogP contribution < -0.4 is 5.73 Å². The summed E-state index contributed by atoms with van der Waals surface area (Å²) in [7, 11) is 0. The molecule has 0 saturated heterocycles. The fraction of sp³-hybridized carbons (Fsp3) is 0.357. The zero-order valence-electron chi connectivity index (χ0n) is 10.9. The summed E-state index contributed by atoms with van der Waals surface area (Å²) in [5.74, 6) is 0. The SMILES string of the molecule is CCC(N)Cc1nc(-c2ccc(C(F)(F)F)cc2)cs1. The van der Waals surface area contributed by atoms with Gasteiger partial charge in [0, 0.05) is 23.4 Å². The standard InChI is InChI=1S/C14H15F3N2S/c1-2-11(18)7-13-19-12(8-20-13)9-3-5-10(6-4-9)14(15,16)17/h3-6,8,11H,2,7,18H2,1H3. The van der Waals surface area contributed by atoms with E-state index >= 15 is 0 Å². The molecular weight excluding hydrogens is 285 g/mol. The van der Waals surface area contributed by atoms with Crippen LogP contribution in [0, 0.1) is 0 Å². The van der Waals surface area contributed by atoms with Gasteiger partial charge in [0.15, 0.2) is 0 Å². The van der Waals surface area contributed by atoms with Crippen LogP contribution in [-0.2, 0) is 12.6 Å². The molecule has 1 aromatic heterocycles. The molecule has 0 aliphatic rings. The molecule has 0 radical (unpaired) electrons. The molecule has 0 fully saturated rings. The van der Waals surface area contributed by atoms with Crippen molar-refractivity contribution in [2.75, 3.05) is 0 Å². The summed E-state index contributed by atoms with van der Waals surface area (Å²) in [5, 5.41) is 2.76. The molecule has 1 heterocycles. The zero-order chi connectivity index (χ0) is 14.8. The van der Waals surface area contributed by atoms with Crippen LogP contribution in [0.25, 0.3) is 11.3 Å². The Morgan fingerprint density at radius 2 is 1.90 bits per heavy atom. The molecule has 2 aromatic rings. The van der Waals surface area contributed by atoms with Crippen LogP contribution in [0.5, 0.6) is 0 Å². The van der Waals surface area contributed by atoms with Crippen LogP contribution in [0.4, 0.5) is 13.2 Å². The summed E-state index contributed by atoms with van der Waals surface area (Å²) in [4.78, 5) is 4.42. The second kappa shape index (κ2) is 5.93. The van der Waals surface area contributed by atoms with E-state index < -0.39 is 11.7 Å². The van der Waals surface area contributed by atoms with Gasteiger partial charge in [0.25, 0.3) is 0 Å². The summed E-state index contributed by atoms with van der Waals surface area (Å²) in [6.45, 7) is 2.01. The van der Waals surface area contributed by atoms with Gasteiger partial charge in [-0.2, -0.15) is 13.2 Å². The van der Waals surface area contributed by atoms with E-state index in [-0.39, 0.29) is 6.04 Å². The molecule has 108 valence electrons. The lowest BCUT2D eigenvalue weighted by molar-refractivity contribution is -0.137. The van der Waals surface area contributed by atoms with Crippen molar-refractivity contribution in [1.82, 2.24) is 4.98 Å². The number of halogens is 3. The first-order valence-electron chi connectivity index (χ1n) is 6.27. The van der Waals surface area contributed by atoms with Gasteiger partial charge in [-0.1, -0.05) is 19.1 Å². The predicted molar refractivity (Wildman–Crippen MR) is 74.5 cm³/mol. The fourth-order valence-corrected chi connectivity index (χ4v) is 2.63. The minimum absolute atomic E-state index is 0.0709. The number of benzene rings is 1. The van der Waals surface area contributed by atoms with Crippen molar-refractivity contribution in [1.29, 1.82) is 0 Å². The van der Waals surface area contributed by atoms with Gasteiger partial charge in [-0.05, 0) is 18.6 Å². The van der Waals surface area contributed by atoms with Crippen molar-refractivity contribution in [3.05, 3.63) is 40.2 Å². The van der Waals surface area contributed by atoms with Gasteiger partial charge in [0.2, 0.25) is 0 Å². The Balaban J connectivity index is 2.16. The first kappa shape index (κ1) is 15.0. The zero-order valence-corrected chi connectivity index (χ0v) is 11.8. The van der Waals surface area contributed by atoms with Crippen LogP contribution in [0.15, 0.2) is 29.6 Å². The Bertz CT molecular complexity index is 561. The Kier molecular flexibility index (Phi) is 4.45. The van der Waals surface area contributed by atoms with Crippen LogP contribution in [0.3, 0.4) is 0 Å². The second-order valence-corrected chi connectivity index (χ2v) is 5.52. The van der Waals surface area contributed by atoms with Crippen LogP contribution in [0.2, 0.25) is 0 Å². The lowest BCUT2D eigenvalue weighted by Gasteiger charge is -2.06. The number of nitrogens with zero attached hydrogens (tertiary/aromatic N) is 1. The maximum absolute atomic E-state index is 12.5. The number of hydrogen-bond acceptors (Lipinski definition) is 3. The molecule has 6 heteroatoms. The van der Waals surface area contributed by atoms with Gasteiger partial charge in [-0.3, -0.25) is 0 Å². The van der Waals surface area contributed by atoms with Crippen molar-refractivity contribution in [3.63, 3.8) is 0 Å². The third kappa shape index (κ3) is 3.58. The number of rotatable bonds is 4. The van der Waals surface area contributed by atoms with Crippen LogP contribution in [0.1, 0.15) is 23.9 Å². The molecule has 2 N–H and O–H groups in total. The van der Waals surface area contributed by atoms with Gasteiger partial charge < -0.3 is 5.73 Å². The molecular formula is C14H15F3N2S. The predicted octanol–water partition coefficient (Wildman–Crippen LogP) is 4.11. The van der Waals surface area contributed by atoms with Crippen LogP contribution in [-0.4, -0.2) is 11.0 Å². The molecule has 1 aromatic carbocycles. The van der Waals surface area contributed by atoms with E-state index in [0.29, 0.717) is 17.7 Å². The molecule has 1 atom stereocenters. The summed E-state index contributed by atoms with van der Waals surface area (Å²) in [5.41, 5.74) is 6.60. The monoisotopic (exact) mass is 300 g/mol. The molecule has 0 spiro atoms. The highest BCUT2D eigenvalue weighted by molar-refractivity contribution is 7.09. The van der Waals surface area contributed by atoms with E-state index in [1.807, 2.05) is 12.3 Å². The smallest absolute Gasteiger partial charge is 0.327 e. The third-order valence-corrected chi connectivity index (χ3v) is 3.89. The highest BCUT2D eigenvalue weighted by atomic mass is 32.1. The Hall–Kier alpha value is -1.40. The highest BCUT2D eigenvalue weighted by Crippen LogP contribution is 2.31. The lowest BCUT2D eigenvalue weighted by atomic mass is 10.1. The largest absolute Gasteiger partial charge is 0.416 e. The second-order valence-electron chi connectivity index (χ2n) is 4.57. The third-order valence-electron chi connectivity index (χ3n) is 3.02. The molecule has 0 saturated carbocycles. The van der Waals surface area contributed by atoms with Gasteiger partial charge in [0.05, 0.1) is 16.3 Å². The maximum Gasteiger partial charge on any atom is 0.416 e. The van der Waals surface area contributed by atoms with Crippen molar-refractivity contribution < 1.29 is 13.2 Å². The van der Waals surface area contributed by atoms with E-state index in [0.717, 1.165) is 23.6 Å². The number of alkyl halides is 3. The first-order valence-corrected chi connectivity index (χ1v) is 7.15. The molecule has 2 rings (SSSR count). The number of hydrogen-bond donors (Lipinski definition) is 1. The van der Waals surface area contributed by atoms with E-state index in [1.54, 1.807) is 0 Å². The molecule has 0 aliphatic carbocycles. The quantitative estimate of drug-likeness (QED) is 0.923. The minimum Gasteiger partial charge on any atom is -0.327 e. The summed E-state index contributed by atoms with van der Waals surface area (Å²) in [6, 6.07) is 5.11. The van der Waals surface area contributed by atoms with Gasteiger partial charge >= 0.3 is 6.18 Å². The van der Waals surface area contributed by atoms with Crippen molar-refractivity contribution >= 4 is 11.3 Å². The maximum atomic E-state index is 12.5. The summed E-state index contributed by atoms with van der Waals surface area (Å²) < 4.78 is 37.4. The van der Waals surface area contributed by atoms with Crippen molar-refractivity contribution in [2.24, 2.45) is 5.73 Å². The number of aromatic nitrogens is 1. The number of nitrogens with two attached hydrogens (primary N) is 1. The fourth-order valence-electron chi connectivity index (χ4n) is 1.74.